The van der Waals surface area contributed by atoms with E-state index in [1.54, 1.807) is 6.07 Å². The molecule has 0 spiro atoms. The van der Waals surface area contributed by atoms with Crippen molar-refractivity contribution in [2.24, 2.45) is 11.8 Å². The molecule has 37 heavy (non-hydrogen) atoms. The molecule has 4 heteroatoms. The molecular formula is C33H46F4. The molecule has 0 heterocycles. The van der Waals surface area contributed by atoms with Gasteiger partial charge in [-0.05, 0) is 66.7 Å². The minimum Gasteiger partial charge on any atom is -0.203 e. The average molecular weight is 519 g/mol. The van der Waals surface area contributed by atoms with Crippen LogP contribution in [0.2, 0.25) is 0 Å². The van der Waals surface area contributed by atoms with Crippen molar-refractivity contribution in [3.63, 3.8) is 0 Å². The number of rotatable bonds is 15. The first kappa shape index (κ1) is 29.7. The molecule has 0 fully saturated rings. The van der Waals surface area contributed by atoms with E-state index in [9.17, 15) is 4.39 Å². The van der Waals surface area contributed by atoms with Crippen LogP contribution in [-0.2, 0) is 19.3 Å². The van der Waals surface area contributed by atoms with E-state index < -0.39 is 23.3 Å². The lowest BCUT2D eigenvalue weighted by atomic mass is 9.79. The number of hydrogen-bond donors (Lipinski definition) is 0. The van der Waals surface area contributed by atoms with Crippen molar-refractivity contribution in [1.29, 1.82) is 0 Å². The molecule has 0 nitrogen and oxygen atoms in total. The molecule has 2 aromatic carbocycles. The minimum atomic E-state index is -1.08. The molecule has 2 aromatic rings. The Kier molecular flexibility index (Phi) is 12.0. The lowest BCUT2D eigenvalue weighted by molar-refractivity contribution is 0.388. The summed E-state index contributed by atoms with van der Waals surface area (Å²) in [6.07, 6.45) is 16.2. The van der Waals surface area contributed by atoms with E-state index in [4.69, 9.17) is 0 Å². The van der Waals surface area contributed by atoms with Crippen LogP contribution in [0, 0.1) is 35.1 Å². The van der Waals surface area contributed by atoms with E-state index in [2.05, 4.69) is 20.8 Å². The summed E-state index contributed by atoms with van der Waals surface area (Å²) in [5.41, 5.74) is 1.11. The lowest BCUT2D eigenvalue weighted by Gasteiger charge is -2.26. The van der Waals surface area contributed by atoms with Crippen molar-refractivity contribution in [1.82, 2.24) is 0 Å². The summed E-state index contributed by atoms with van der Waals surface area (Å²) in [6.45, 7) is 6.56. The fourth-order valence-electron chi connectivity index (χ4n) is 5.75. The zero-order valence-electron chi connectivity index (χ0n) is 23.2. The van der Waals surface area contributed by atoms with Crippen molar-refractivity contribution in [2.45, 2.75) is 124 Å². The van der Waals surface area contributed by atoms with Gasteiger partial charge >= 0.3 is 0 Å². The van der Waals surface area contributed by atoms with Crippen molar-refractivity contribution in [3.05, 3.63) is 58.2 Å². The van der Waals surface area contributed by atoms with Gasteiger partial charge < -0.3 is 0 Å². The Hall–Kier alpha value is -1.84. The molecule has 1 aliphatic carbocycles. The summed E-state index contributed by atoms with van der Waals surface area (Å²) in [7, 11) is 0. The van der Waals surface area contributed by atoms with Crippen LogP contribution in [0.1, 0.15) is 121 Å². The predicted octanol–water partition coefficient (Wildman–Crippen LogP) is 10.9. The quantitative estimate of drug-likeness (QED) is 0.162. The van der Waals surface area contributed by atoms with Gasteiger partial charge in [-0.1, -0.05) is 104 Å². The topological polar surface area (TPSA) is 0 Å². The molecule has 0 saturated carbocycles. The SMILES string of the molecule is CCCCCCCCCC1CCc2cc(-c3ccc(CCCCC(C)CC)c(F)c3F)c(F)c(F)c2C1. The summed E-state index contributed by atoms with van der Waals surface area (Å²) in [6, 6.07) is 4.51. The summed E-state index contributed by atoms with van der Waals surface area (Å²) < 4.78 is 60.3. The van der Waals surface area contributed by atoms with Crippen LogP contribution in [0.15, 0.2) is 18.2 Å². The van der Waals surface area contributed by atoms with Gasteiger partial charge in [0, 0.05) is 11.1 Å². The van der Waals surface area contributed by atoms with Crippen LogP contribution in [-0.4, -0.2) is 0 Å². The van der Waals surface area contributed by atoms with Crippen molar-refractivity contribution < 1.29 is 17.6 Å². The average Bonchev–Trinajstić information content (AvgIpc) is 2.90. The summed E-state index contributed by atoms with van der Waals surface area (Å²) in [5, 5.41) is 0. The number of halogens is 4. The second-order valence-corrected chi connectivity index (χ2v) is 11.4. The maximum Gasteiger partial charge on any atom is 0.167 e. The first-order valence-electron chi connectivity index (χ1n) is 14.8. The van der Waals surface area contributed by atoms with Gasteiger partial charge in [-0.3, -0.25) is 0 Å². The Bertz CT molecular complexity index is 997. The van der Waals surface area contributed by atoms with Gasteiger partial charge in [0.15, 0.2) is 23.3 Å². The standard InChI is InChI=1S/C33H46F4/c1-4-6-7-8-9-10-11-15-24-17-18-26-22-29(33(37)32(36)28(26)21-24)27-20-19-25(30(34)31(27)35)16-13-12-14-23(3)5-2/h19-20,22-24H,4-18,21H2,1-3H3. The van der Waals surface area contributed by atoms with E-state index in [0.717, 1.165) is 50.5 Å². The Labute approximate surface area is 222 Å². The van der Waals surface area contributed by atoms with E-state index in [1.165, 1.54) is 50.7 Å². The van der Waals surface area contributed by atoms with Gasteiger partial charge in [0.2, 0.25) is 0 Å². The molecule has 0 radical (unpaired) electrons. The van der Waals surface area contributed by atoms with Crippen LogP contribution in [0.4, 0.5) is 17.6 Å². The highest BCUT2D eigenvalue weighted by molar-refractivity contribution is 5.67. The smallest absolute Gasteiger partial charge is 0.167 e. The predicted molar refractivity (Wildman–Crippen MR) is 147 cm³/mol. The Morgan fingerprint density at radius 1 is 0.784 bits per heavy atom. The third-order valence-electron chi connectivity index (χ3n) is 8.47. The molecule has 1 aliphatic rings. The van der Waals surface area contributed by atoms with E-state index >= 15 is 13.2 Å². The number of unbranched alkanes of at least 4 members (excludes halogenated alkanes) is 7. The molecule has 0 N–H and O–H groups in total. The molecule has 0 saturated heterocycles. The molecule has 2 unspecified atom stereocenters. The number of hydrogen-bond acceptors (Lipinski definition) is 0. The van der Waals surface area contributed by atoms with Crippen LogP contribution >= 0.6 is 0 Å². The molecular weight excluding hydrogens is 472 g/mol. The molecule has 3 rings (SSSR count). The van der Waals surface area contributed by atoms with E-state index in [1.807, 2.05) is 0 Å². The molecule has 0 bridgehead atoms. The highest BCUT2D eigenvalue weighted by atomic mass is 19.2. The number of aryl methyl sites for hydroxylation is 2. The Balaban J connectivity index is 1.65. The maximum absolute atomic E-state index is 15.2. The maximum atomic E-state index is 15.2. The van der Waals surface area contributed by atoms with Gasteiger partial charge in [-0.15, -0.1) is 0 Å². The molecule has 0 aromatic heterocycles. The highest BCUT2D eigenvalue weighted by Gasteiger charge is 2.27. The van der Waals surface area contributed by atoms with Crippen LogP contribution in [0.25, 0.3) is 11.1 Å². The van der Waals surface area contributed by atoms with E-state index in [-0.39, 0.29) is 11.1 Å². The molecule has 0 aliphatic heterocycles. The summed E-state index contributed by atoms with van der Waals surface area (Å²) >= 11 is 0. The Morgan fingerprint density at radius 2 is 1.49 bits per heavy atom. The zero-order valence-corrected chi connectivity index (χ0v) is 23.2. The van der Waals surface area contributed by atoms with E-state index in [0.29, 0.717) is 42.2 Å². The van der Waals surface area contributed by atoms with Gasteiger partial charge in [0.05, 0.1) is 0 Å². The summed E-state index contributed by atoms with van der Waals surface area (Å²) in [4.78, 5) is 0. The van der Waals surface area contributed by atoms with Crippen molar-refractivity contribution in [2.75, 3.05) is 0 Å². The third kappa shape index (κ3) is 8.07. The summed E-state index contributed by atoms with van der Waals surface area (Å²) in [5.74, 6) is -2.97. The lowest BCUT2D eigenvalue weighted by Crippen LogP contribution is -2.17. The molecule has 206 valence electrons. The molecule has 0 amide bonds. The van der Waals surface area contributed by atoms with Crippen molar-refractivity contribution in [3.8, 4) is 11.1 Å². The van der Waals surface area contributed by atoms with Crippen LogP contribution < -0.4 is 0 Å². The second-order valence-electron chi connectivity index (χ2n) is 11.4. The molecule has 2 atom stereocenters. The van der Waals surface area contributed by atoms with Crippen LogP contribution in [0.5, 0.6) is 0 Å². The second kappa shape index (κ2) is 14.9. The minimum absolute atomic E-state index is 0.165. The zero-order chi connectivity index (χ0) is 26.8. The first-order chi connectivity index (χ1) is 17.9. The third-order valence-corrected chi connectivity index (χ3v) is 8.47. The monoisotopic (exact) mass is 518 g/mol. The van der Waals surface area contributed by atoms with Crippen LogP contribution in [0.3, 0.4) is 0 Å². The number of benzene rings is 2. The highest BCUT2D eigenvalue weighted by Crippen LogP contribution is 2.37. The normalized spacial score (nSPS) is 16.1. The first-order valence-corrected chi connectivity index (χ1v) is 14.8. The van der Waals surface area contributed by atoms with Gasteiger partial charge in [0.25, 0.3) is 0 Å². The van der Waals surface area contributed by atoms with Gasteiger partial charge in [0.1, 0.15) is 0 Å². The van der Waals surface area contributed by atoms with Gasteiger partial charge in [-0.2, -0.15) is 0 Å². The fraction of sp³-hybridized carbons (Fsp3) is 0.636. The fourth-order valence-corrected chi connectivity index (χ4v) is 5.75. The van der Waals surface area contributed by atoms with Gasteiger partial charge in [-0.25, -0.2) is 17.6 Å². The Morgan fingerprint density at radius 3 is 2.22 bits per heavy atom. The number of fused-ring (bicyclic) bond motifs is 1. The van der Waals surface area contributed by atoms with Crippen molar-refractivity contribution >= 4 is 0 Å². The largest absolute Gasteiger partial charge is 0.203 e.